The maximum atomic E-state index is 12.0. The van der Waals surface area contributed by atoms with Gasteiger partial charge in [-0.3, -0.25) is 4.98 Å². The zero-order valence-corrected chi connectivity index (χ0v) is 12.2. The zero-order chi connectivity index (χ0) is 15.3. The molecule has 1 heterocycles. The van der Waals surface area contributed by atoms with Gasteiger partial charge in [0.05, 0.1) is 4.90 Å². The summed E-state index contributed by atoms with van der Waals surface area (Å²) in [6.07, 6.45) is 3.19. The van der Waals surface area contributed by atoms with Crippen molar-refractivity contribution in [3.8, 4) is 0 Å². The van der Waals surface area contributed by atoms with Crippen molar-refractivity contribution >= 4 is 16.1 Å². The predicted molar refractivity (Wildman–Crippen MR) is 78.0 cm³/mol. The Morgan fingerprint density at radius 2 is 1.71 bits per heavy atom. The number of urea groups is 1. The second-order valence-corrected chi connectivity index (χ2v) is 6.14. The molecule has 1 aromatic heterocycles. The minimum absolute atomic E-state index is 0.0483. The van der Waals surface area contributed by atoms with Gasteiger partial charge in [-0.25, -0.2) is 17.9 Å². The highest BCUT2D eigenvalue weighted by molar-refractivity contribution is 7.90. The van der Waals surface area contributed by atoms with E-state index in [1.54, 1.807) is 36.7 Å². The molecule has 1 aromatic carbocycles. The molecule has 0 fully saturated rings. The SMILES string of the molecule is Cc1ccc(S(=O)(=O)NC(=O)NCc2ccncc2)cc1. The number of rotatable bonds is 4. The summed E-state index contributed by atoms with van der Waals surface area (Å²) in [6, 6.07) is 8.94. The summed E-state index contributed by atoms with van der Waals surface area (Å²) in [5.41, 5.74) is 1.77. The van der Waals surface area contributed by atoms with Crippen LogP contribution < -0.4 is 10.0 Å². The first kappa shape index (κ1) is 15.0. The minimum Gasteiger partial charge on any atom is -0.333 e. The molecule has 2 aromatic rings. The normalized spacial score (nSPS) is 10.9. The number of sulfonamides is 1. The van der Waals surface area contributed by atoms with Crippen LogP contribution in [0.1, 0.15) is 11.1 Å². The van der Waals surface area contributed by atoms with Crippen LogP contribution in [0.5, 0.6) is 0 Å². The topological polar surface area (TPSA) is 88.2 Å². The van der Waals surface area contributed by atoms with Crippen molar-refractivity contribution in [2.24, 2.45) is 0 Å². The smallest absolute Gasteiger partial charge is 0.328 e. The number of carbonyl (C=O) groups excluding carboxylic acids is 1. The van der Waals surface area contributed by atoms with Crippen LogP contribution in [0.4, 0.5) is 4.79 Å². The van der Waals surface area contributed by atoms with E-state index in [-0.39, 0.29) is 11.4 Å². The molecule has 2 amide bonds. The molecule has 0 aliphatic heterocycles. The molecule has 21 heavy (non-hydrogen) atoms. The van der Waals surface area contributed by atoms with Gasteiger partial charge in [0.2, 0.25) is 0 Å². The summed E-state index contributed by atoms with van der Waals surface area (Å²) in [7, 11) is -3.86. The average Bonchev–Trinajstić information content (AvgIpc) is 2.46. The van der Waals surface area contributed by atoms with Gasteiger partial charge in [0.15, 0.2) is 0 Å². The number of hydrogen-bond acceptors (Lipinski definition) is 4. The number of hydrogen-bond donors (Lipinski definition) is 2. The van der Waals surface area contributed by atoms with E-state index in [4.69, 9.17) is 0 Å². The molecular weight excluding hydrogens is 290 g/mol. The molecular formula is C14H15N3O3S. The van der Waals surface area contributed by atoms with Crippen molar-refractivity contribution in [2.75, 3.05) is 0 Å². The Balaban J connectivity index is 1.97. The van der Waals surface area contributed by atoms with Gasteiger partial charge in [-0.05, 0) is 36.8 Å². The predicted octanol–water partition coefficient (Wildman–Crippen LogP) is 1.58. The highest BCUT2D eigenvalue weighted by Crippen LogP contribution is 2.09. The second-order valence-electron chi connectivity index (χ2n) is 4.46. The number of aromatic nitrogens is 1. The highest BCUT2D eigenvalue weighted by atomic mass is 32.2. The largest absolute Gasteiger partial charge is 0.333 e. The third kappa shape index (κ3) is 4.28. The lowest BCUT2D eigenvalue weighted by molar-refractivity contribution is 0.245. The summed E-state index contributed by atoms with van der Waals surface area (Å²) in [6.45, 7) is 2.07. The summed E-state index contributed by atoms with van der Waals surface area (Å²) < 4.78 is 25.9. The molecule has 0 aliphatic rings. The standard InChI is InChI=1S/C14H15N3O3S/c1-11-2-4-13(5-3-11)21(19,20)17-14(18)16-10-12-6-8-15-9-7-12/h2-9H,10H2,1H3,(H2,16,17,18). The third-order valence-corrected chi connectivity index (χ3v) is 4.11. The number of pyridine rings is 1. The number of amides is 2. The Morgan fingerprint density at radius 1 is 1.10 bits per heavy atom. The summed E-state index contributed by atoms with van der Waals surface area (Å²) in [5, 5.41) is 2.48. The van der Waals surface area contributed by atoms with Crippen molar-refractivity contribution in [3.05, 3.63) is 59.9 Å². The molecule has 0 saturated heterocycles. The summed E-state index contributed by atoms with van der Waals surface area (Å²) in [5.74, 6) is 0. The van der Waals surface area contributed by atoms with E-state index < -0.39 is 16.1 Å². The molecule has 2 rings (SSSR count). The van der Waals surface area contributed by atoms with Crippen molar-refractivity contribution in [1.82, 2.24) is 15.0 Å². The molecule has 0 spiro atoms. The van der Waals surface area contributed by atoms with Crippen LogP contribution in [0.3, 0.4) is 0 Å². The number of carbonyl (C=O) groups is 1. The monoisotopic (exact) mass is 305 g/mol. The van der Waals surface area contributed by atoms with E-state index >= 15 is 0 Å². The first-order valence-electron chi connectivity index (χ1n) is 6.23. The van der Waals surface area contributed by atoms with E-state index in [2.05, 4.69) is 10.3 Å². The maximum Gasteiger partial charge on any atom is 0.328 e. The average molecular weight is 305 g/mol. The molecule has 0 aliphatic carbocycles. The Bertz CT molecular complexity index is 713. The second kappa shape index (κ2) is 6.36. The van der Waals surface area contributed by atoms with Crippen LogP contribution in [0.15, 0.2) is 53.7 Å². The van der Waals surface area contributed by atoms with Gasteiger partial charge < -0.3 is 5.32 Å². The van der Waals surface area contributed by atoms with Gasteiger partial charge in [-0.15, -0.1) is 0 Å². The Hall–Kier alpha value is -2.41. The molecule has 0 atom stereocenters. The fraction of sp³-hybridized carbons (Fsp3) is 0.143. The highest BCUT2D eigenvalue weighted by Gasteiger charge is 2.16. The quantitative estimate of drug-likeness (QED) is 0.897. The number of aryl methyl sites for hydroxylation is 1. The lowest BCUT2D eigenvalue weighted by atomic mass is 10.2. The molecule has 7 heteroatoms. The first-order valence-corrected chi connectivity index (χ1v) is 7.72. The molecule has 0 saturated carbocycles. The molecule has 110 valence electrons. The van der Waals surface area contributed by atoms with E-state index in [9.17, 15) is 13.2 Å². The van der Waals surface area contributed by atoms with Crippen LogP contribution in [-0.2, 0) is 16.6 Å². The van der Waals surface area contributed by atoms with Gasteiger partial charge in [-0.1, -0.05) is 17.7 Å². The molecule has 0 bridgehead atoms. The van der Waals surface area contributed by atoms with Crippen LogP contribution >= 0.6 is 0 Å². The lowest BCUT2D eigenvalue weighted by Crippen LogP contribution is -2.39. The summed E-state index contributed by atoms with van der Waals surface area (Å²) in [4.78, 5) is 15.6. The van der Waals surface area contributed by atoms with Crippen molar-refractivity contribution in [2.45, 2.75) is 18.4 Å². The lowest BCUT2D eigenvalue weighted by Gasteiger charge is -2.08. The van der Waals surface area contributed by atoms with Gasteiger partial charge in [0, 0.05) is 18.9 Å². The minimum atomic E-state index is -3.86. The number of nitrogens with one attached hydrogen (secondary N) is 2. The molecule has 0 unspecified atom stereocenters. The van der Waals surface area contributed by atoms with E-state index in [0.717, 1.165) is 11.1 Å². The fourth-order valence-corrected chi connectivity index (χ4v) is 2.55. The zero-order valence-electron chi connectivity index (χ0n) is 11.4. The number of benzene rings is 1. The van der Waals surface area contributed by atoms with Crippen LogP contribution in [0, 0.1) is 6.92 Å². The van der Waals surface area contributed by atoms with Gasteiger partial charge >= 0.3 is 6.03 Å². The van der Waals surface area contributed by atoms with E-state index in [0.29, 0.717) is 0 Å². The summed E-state index contributed by atoms with van der Waals surface area (Å²) >= 11 is 0. The Morgan fingerprint density at radius 3 is 2.33 bits per heavy atom. The van der Waals surface area contributed by atoms with Crippen LogP contribution in [-0.4, -0.2) is 19.4 Å². The van der Waals surface area contributed by atoms with Gasteiger partial charge in [0.25, 0.3) is 10.0 Å². The molecule has 2 N–H and O–H groups in total. The Kier molecular flexibility index (Phi) is 4.54. The van der Waals surface area contributed by atoms with E-state index in [1.807, 2.05) is 11.6 Å². The fourth-order valence-electron chi connectivity index (χ4n) is 1.62. The molecule has 0 radical (unpaired) electrons. The van der Waals surface area contributed by atoms with Crippen molar-refractivity contribution in [1.29, 1.82) is 0 Å². The van der Waals surface area contributed by atoms with Gasteiger partial charge in [-0.2, -0.15) is 0 Å². The maximum absolute atomic E-state index is 12.0. The van der Waals surface area contributed by atoms with Gasteiger partial charge in [0.1, 0.15) is 0 Å². The van der Waals surface area contributed by atoms with Crippen molar-refractivity contribution in [3.63, 3.8) is 0 Å². The molecule has 6 nitrogen and oxygen atoms in total. The van der Waals surface area contributed by atoms with Crippen LogP contribution in [0.2, 0.25) is 0 Å². The third-order valence-electron chi connectivity index (χ3n) is 2.76. The first-order chi connectivity index (χ1) is 9.97. The van der Waals surface area contributed by atoms with E-state index in [1.165, 1.54) is 12.1 Å². The van der Waals surface area contributed by atoms with Crippen LogP contribution in [0.25, 0.3) is 0 Å². The van der Waals surface area contributed by atoms with Crippen molar-refractivity contribution < 1.29 is 13.2 Å². The number of nitrogens with zero attached hydrogens (tertiary/aromatic N) is 1. The Labute approximate surface area is 123 Å².